The fourth-order valence-corrected chi connectivity index (χ4v) is 6.69. The zero-order chi connectivity index (χ0) is 36.4. The van der Waals surface area contributed by atoms with Crippen LogP contribution in [0.4, 0.5) is 32.3 Å². The number of hydrogen-bond donors (Lipinski definition) is 3. The van der Waals surface area contributed by atoms with Crippen LogP contribution >= 0.6 is 0 Å². The number of alkyl halides is 4. The van der Waals surface area contributed by atoms with Crippen LogP contribution in [0.2, 0.25) is 0 Å². The number of benzene rings is 1. The molecule has 0 bridgehead atoms. The van der Waals surface area contributed by atoms with Crippen molar-refractivity contribution in [3.63, 3.8) is 0 Å². The van der Waals surface area contributed by atoms with Crippen LogP contribution in [-0.4, -0.2) is 53.0 Å². The Hall–Kier alpha value is -5.43. The van der Waals surface area contributed by atoms with Gasteiger partial charge in [-0.25, -0.2) is 22.5 Å². The van der Waals surface area contributed by atoms with Gasteiger partial charge in [0.25, 0.3) is 12.3 Å². The van der Waals surface area contributed by atoms with E-state index in [1.165, 1.54) is 13.8 Å². The summed E-state index contributed by atoms with van der Waals surface area (Å²) in [5.74, 6) is -2.13. The molecule has 7 rings (SSSR count). The molecule has 10 nitrogen and oxygen atoms in total. The van der Waals surface area contributed by atoms with E-state index in [1.807, 2.05) is 0 Å². The molecule has 5 aromatic rings. The number of amides is 1. The number of aliphatic hydroxyl groups is 1. The van der Waals surface area contributed by atoms with E-state index in [4.69, 9.17) is 4.98 Å². The van der Waals surface area contributed by atoms with Gasteiger partial charge in [0.15, 0.2) is 5.65 Å². The van der Waals surface area contributed by atoms with Crippen LogP contribution in [0.3, 0.4) is 0 Å². The summed E-state index contributed by atoms with van der Waals surface area (Å²) in [5, 5.41) is 28.1. The van der Waals surface area contributed by atoms with Gasteiger partial charge in [-0.2, -0.15) is 13.9 Å². The lowest BCUT2D eigenvalue weighted by Gasteiger charge is -2.23. The molecule has 1 aromatic carbocycles. The minimum absolute atomic E-state index is 0.0552. The molecule has 16 heteroatoms. The Morgan fingerprint density at radius 3 is 2.53 bits per heavy atom. The Bertz CT molecular complexity index is 2230. The van der Waals surface area contributed by atoms with Crippen LogP contribution < -0.4 is 10.6 Å². The van der Waals surface area contributed by atoms with Crippen LogP contribution in [-0.2, 0) is 23.7 Å². The Morgan fingerprint density at radius 2 is 1.84 bits per heavy atom. The van der Waals surface area contributed by atoms with E-state index in [-0.39, 0.29) is 35.4 Å². The van der Waals surface area contributed by atoms with Crippen molar-refractivity contribution >= 4 is 17.5 Å². The molecule has 2 aliphatic carbocycles. The van der Waals surface area contributed by atoms with E-state index in [0.29, 0.717) is 33.5 Å². The predicted molar refractivity (Wildman–Crippen MR) is 172 cm³/mol. The van der Waals surface area contributed by atoms with E-state index >= 15 is 8.78 Å². The summed E-state index contributed by atoms with van der Waals surface area (Å²) in [4.78, 5) is 18.5. The normalized spacial score (nSPS) is 17.9. The molecule has 4 heterocycles. The average Bonchev–Trinajstić information content (AvgIpc) is 3.51. The molecule has 51 heavy (non-hydrogen) atoms. The van der Waals surface area contributed by atoms with Gasteiger partial charge in [-0.1, -0.05) is 5.92 Å². The fraction of sp³-hybridized carbons (Fsp3) is 0.343. The molecular formula is C35H30F6N8O2. The van der Waals surface area contributed by atoms with Crippen LogP contribution in [0.25, 0.3) is 16.8 Å². The molecule has 0 saturated heterocycles. The maximum Gasteiger partial charge on any atom is 0.293 e. The number of halogens is 6. The second-order valence-corrected chi connectivity index (χ2v) is 13.1. The second kappa shape index (κ2) is 12.4. The van der Waals surface area contributed by atoms with Gasteiger partial charge in [0.2, 0.25) is 11.9 Å². The van der Waals surface area contributed by atoms with E-state index < -0.39 is 71.3 Å². The molecule has 0 aliphatic heterocycles. The number of hydrogen-bond acceptors (Lipinski definition) is 7. The maximum absolute atomic E-state index is 15.3. The third kappa shape index (κ3) is 6.37. The molecule has 3 N–H and O–H groups in total. The highest BCUT2D eigenvalue weighted by Gasteiger charge is 2.67. The molecule has 1 amide bonds. The zero-order valence-electron chi connectivity index (χ0n) is 27.4. The third-order valence-corrected chi connectivity index (χ3v) is 8.86. The summed E-state index contributed by atoms with van der Waals surface area (Å²) >= 11 is 0. The first-order chi connectivity index (χ1) is 24.1. The van der Waals surface area contributed by atoms with Crippen molar-refractivity contribution in [1.29, 1.82) is 0 Å². The lowest BCUT2D eigenvalue weighted by atomic mass is 9.95. The molecule has 4 aromatic heterocycles. The van der Waals surface area contributed by atoms with E-state index in [1.54, 1.807) is 41.9 Å². The van der Waals surface area contributed by atoms with E-state index in [2.05, 4.69) is 37.8 Å². The first-order valence-electron chi connectivity index (χ1n) is 15.9. The lowest BCUT2D eigenvalue weighted by molar-refractivity contribution is -0.123. The number of anilines is 1. The molecule has 264 valence electrons. The van der Waals surface area contributed by atoms with Gasteiger partial charge in [0.05, 0.1) is 11.7 Å². The molecule has 1 saturated carbocycles. The monoisotopic (exact) mass is 708 g/mol. The summed E-state index contributed by atoms with van der Waals surface area (Å²) in [6.07, 6.45) is -1.61. The predicted octanol–water partition coefficient (Wildman–Crippen LogP) is 5.68. The highest BCUT2D eigenvalue weighted by Crippen LogP contribution is 2.68. The topological polar surface area (TPSA) is 122 Å². The summed E-state index contributed by atoms with van der Waals surface area (Å²) < 4.78 is 89.5. The highest BCUT2D eigenvalue weighted by atomic mass is 19.3. The van der Waals surface area contributed by atoms with Crippen molar-refractivity contribution in [3.8, 4) is 23.0 Å². The molecule has 2 aliphatic rings. The van der Waals surface area contributed by atoms with Gasteiger partial charge in [0, 0.05) is 41.9 Å². The van der Waals surface area contributed by atoms with Gasteiger partial charge in [-0.15, -0.1) is 10.2 Å². The Morgan fingerprint density at radius 1 is 1.10 bits per heavy atom. The fourth-order valence-electron chi connectivity index (χ4n) is 6.69. The largest absolute Gasteiger partial charge is 0.378 e. The van der Waals surface area contributed by atoms with Crippen LogP contribution in [0.15, 0.2) is 48.7 Å². The smallest absolute Gasteiger partial charge is 0.293 e. The van der Waals surface area contributed by atoms with Crippen LogP contribution in [0, 0.1) is 29.4 Å². The molecule has 3 atom stereocenters. The molecule has 0 unspecified atom stereocenters. The van der Waals surface area contributed by atoms with Crippen molar-refractivity contribution in [1.82, 2.24) is 34.7 Å². The van der Waals surface area contributed by atoms with Gasteiger partial charge < -0.3 is 15.7 Å². The molecule has 0 spiro atoms. The highest BCUT2D eigenvalue weighted by molar-refractivity contribution is 5.81. The lowest BCUT2D eigenvalue weighted by Crippen LogP contribution is -2.35. The van der Waals surface area contributed by atoms with Crippen LogP contribution in [0.1, 0.15) is 72.6 Å². The second-order valence-electron chi connectivity index (χ2n) is 13.1. The summed E-state index contributed by atoms with van der Waals surface area (Å²) in [6.45, 7) is 2.10. The first-order valence-corrected chi connectivity index (χ1v) is 15.9. The number of fused-ring (bicyclic) bond motifs is 4. The van der Waals surface area contributed by atoms with E-state index in [9.17, 15) is 27.5 Å². The van der Waals surface area contributed by atoms with E-state index in [0.717, 1.165) is 12.1 Å². The van der Waals surface area contributed by atoms with Crippen molar-refractivity contribution in [2.45, 2.75) is 63.1 Å². The standard InChI is InChI=1S/C35H30F6N8O2/c1-34(2,51)9-8-20-6-7-21(22-5-4-10-48-32(22)45-46-33(48)42-3)28(43-20)25(13-17-11-18(36)14-19(37)12-17)44-26(50)16-49-30-27(29(47-49)31(38)39)23-15-24(23)35(30,40)41/h4-7,10-12,14,23-25,31,51H,13,15-16H2,1-3H3,(H,42,46)(H,44,50)/t23-,24+,25-/m0/s1. The van der Waals surface area contributed by atoms with Gasteiger partial charge in [-0.05, 0) is 80.5 Å². The number of nitrogens with zero attached hydrogens (tertiary/aromatic N) is 6. The number of aromatic nitrogens is 6. The summed E-state index contributed by atoms with van der Waals surface area (Å²) in [6, 6.07) is 8.29. The van der Waals surface area contributed by atoms with Crippen molar-refractivity contribution < 1.29 is 36.2 Å². The number of nitrogens with one attached hydrogen (secondary N) is 2. The summed E-state index contributed by atoms with van der Waals surface area (Å²) in [5.41, 5.74) is -1.41. The SMILES string of the molecule is CNc1nnc2c(-c3ccc(C#CC(C)(C)O)nc3[C@H](Cc3cc(F)cc(F)c3)NC(=O)Cn3nc(C(F)F)c4c3C(F)(F)[C@@H]3C[C@H]43)cccn12. The molecule has 1 fully saturated rings. The van der Waals surface area contributed by atoms with Crippen molar-refractivity contribution in [2.24, 2.45) is 5.92 Å². The Balaban J connectivity index is 1.34. The number of rotatable bonds is 9. The number of carbonyl (C=O) groups excluding carboxylic acids is 1. The van der Waals surface area contributed by atoms with Crippen molar-refractivity contribution in [3.05, 3.63) is 94.2 Å². The van der Waals surface area contributed by atoms with Gasteiger partial charge in [0.1, 0.15) is 40.9 Å². The number of pyridine rings is 2. The molecular weight excluding hydrogens is 678 g/mol. The quantitative estimate of drug-likeness (QED) is 0.133. The zero-order valence-corrected chi connectivity index (χ0v) is 27.4. The molecule has 0 radical (unpaired) electrons. The minimum atomic E-state index is -3.45. The number of carbonyl (C=O) groups is 1. The maximum atomic E-state index is 15.3. The van der Waals surface area contributed by atoms with Crippen LogP contribution in [0.5, 0.6) is 0 Å². The third-order valence-electron chi connectivity index (χ3n) is 8.86. The average molecular weight is 709 g/mol. The van der Waals surface area contributed by atoms with Crippen molar-refractivity contribution in [2.75, 3.05) is 12.4 Å². The van der Waals surface area contributed by atoms with Gasteiger partial charge >= 0.3 is 0 Å². The summed E-state index contributed by atoms with van der Waals surface area (Å²) in [7, 11) is 1.66. The minimum Gasteiger partial charge on any atom is -0.378 e. The Kier molecular flexibility index (Phi) is 8.28. The Labute approximate surface area is 286 Å². The first kappa shape index (κ1) is 34.0. The van der Waals surface area contributed by atoms with Gasteiger partial charge in [-0.3, -0.25) is 13.9 Å².